The Labute approximate surface area is 96.0 Å². The van der Waals surface area contributed by atoms with E-state index in [9.17, 15) is 15.3 Å². The molecule has 0 aromatic heterocycles. The molecule has 0 saturated carbocycles. The molecule has 16 heavy (non-hydrogen) atoms. The van der Waals surface area contributed by atoms with E-state index in [1.807, 2.05) is 13.8 Å². The molecule has 5 unspecified atom stereocenters. The second kappa shape index (κ2) is 5.93. The molecule has 1 heterocycles. The average Bonchev–Trinajstić information content (AvgIpc) is 2.25. The summed E-state index contributed by atoms with van der Waals surface area (Å²) in [5, 5.41) is 29.0. The summed E-state index contributed by atoms with van der Waals surface area (Å²) >= 11 is 0. The van der Waals surface area contributed by atoms with Gasteiger partial charge in [0.25, 0.3) is 0 Å². The maximum atomic E-state index is 9.92. The van der Waals surface area contributed by atoms with Crippen molar-refractivity contribution in [2.75, 3.05) is 13.2 Å². The van der Waals surface area contributed by atoms with Crippen LogP contribution in [0.3, 0.4) is 0 Å². The minimum absolute atomic E-state index is 0.0706. The molecule has 0 aromatic rings. The fourth-order valence-corrected chi connectivity index (χ4v) is 2.07. The van der Waals surface area contributed by atoms with E-state index >= 15 is 0 Å². The van der Waals surface area contributed by atoms with Gasteiger partial charge in [-0.15, -0.1) is 0 Å². The molecule has 3 N–H and O–H groups in total. The van der Waals surface area contributed by atoms with Gasteiger partial charge in [0.2, 0.25) is 0 Å². The van der Waals surface area contributed by atoms with Gasteiger partial charge in [0.15, 0.2) is 0 Å². The number of rotatable bonds is 4. The lowest BCUT2D eigenvalue weighted by Crippen LogP contribution is -2.60. The summed E-state index contributed by atoms with van der Waals surface area (Å²) in [5.41, 5.74) is 0. The van der Waals surface area contributed by atoms with Crippen LogP contribution in [0.4, 0.5) is 0 Å². The van der Waals surface area contributed by atoms with Gasteiger partial charge < -0.3 is 24.8 Å². The van der Waals surface area contributed by atoms with E-state index in [1.54, 1.807) is 6.92 Å². The monoisotopic (exact) mass is 234 g/mol. The van der Waals surface area contributed by atoms with Crippen molar-refractivity contribution in [3.05, 3.63) is 0 Å². The molecule has 1 fully saturated rings. The van der Waals surface area contributed by atoms with Crippen LogP contribution in [0.1, 0.15) is 20.8 Å². The zero-order valence-corrected chi connectivity index (χ0v) is 10.0. The van der Waals surface area contributed by atoms with Crippen molar-refractivity contribution in [1.29, 1.82) is 0 Å². The lowest BCUT2D eigenvalue weighted by atomic mass is 9.89. The minimum Gasteiger partial charge on any atom is -0.394 e. The Morgan fingerprint density at radius 3 is 2.31 bits per heavy atom. The van der Waals surface area contributed by atoms with Crippen molar-refractivity contribution in [1.82, 2.24) is 0 Å². The lowest BCUT2D eigenvalue weighted by Gasteiger charge is -2.43. The van der Waals surface area contributed by atoms with Crippen LogP contribution in [0.5, 0.6) is 0 Å². The molecular weight excluding hydrogens is 212 g/mol. The zero-order valence-electron chi connectivity index (χ0n) is 10.0. The second-order valence-electron chi connectivity index (χ2n) is 4.47. The third kappa shape index (κ3) is 2.73. The summed E-state index contributed by atoms with van der Waals surface area (Å²) in [4.78, 5) is 0. The fourth-order valence-electron chi connectivity index (χ4n) is 2.07. The summed E-state index contributed by atoms with van der Waals surface area (Å²) in [5.74, 6) is 0.0706. The smallest absolute Gasteiger partial charge is 0.114 e. The van der Waals surface area contributed by atoms with Crippen molar-refractivity contribution in [2.24, 2.45) is 5.92 Å². The molecule has 0 radical (unpaired) electrons. The van der Waals surface area contributed by atoms with Gasteiger partial charge in [-0.2, -0.15) is 0 Å². The molecule has 5 nitrogen and oxygen atoms in total. The minimum atomic E-state index is -1.02. The molecule has 96 valence electrons. The van der Waals surface area contributed by atoms with Crippen molar-refractivity contribution >= 4 is 0 Å². The highest BCUT2D eigenvalue weighted by Gasteiger charge is 2.45. The fraction of sp³-hybridized carbons (Fsp3) is 1.00. The maximum Gasteiger partial charge on any atom is 0.114 e. The van der Waals surface area contributed by atoms with Crippen LogP contribution in [-0.2, 0) is 9.47 Å². The topological polar surface area (TPSA) is 79.2 Å². The summed E-state index contributed by atoms with van der Waals surface area (Å²) < 4.78 is 10.9. The summed E-state index contributed by atoms with van der Waals surface area (Å²) in [7, 11) is 0. The highest BCUT2D eigenvalue weighted by Crippen LogP contribution is 2.27. The molecule has 0 aromatic carbocycles. The molecule has 1 saturated heterocycles. The number of hydrogen-bond acceptors (Lipinski definition) is 5. The van der Waals surface area contributed by atoms with Crippen LogP contribution in [-0.4, -0.2) is 59.1 Å². The van der Waals surface area contributed by atoms with Crippen LogP contribution < -0.4 is 0 Å². The first-order valence-corrected chi connectivity index (χ1v) is 5.77. The molecule has 0 amide bonds. The van der Waals surface area contributed by atoms with E-state index in [2.05, 4.69) is 0 Å². The summed E-state index contributed by atoms with van der Waals surface area (Å²) in [6.07, 6.45) is -3.70. The normalized spacial score (nSPS) is 40.3. The molecule has 1 aliphatic heterocycles. The maximum absolute atomic E-state index is 9.92. The largest absolute Gasteiger partial charge is 0.394 e. The highest BCUT2D eigenvalue weighted by molar-refractivity contribution is 4.93. The predicted octanol–water partition coefficient (Wildman–Crippen LogP) is -0.471. The zero-order chi connectivity index (χ0) is 12.3. The standard InChI is InChI=1S/C11H22O5/c1-4-15-11-7(5-12)16-10(6(2)3)8(13)9(11)14/h6-14H,4-5H2,1-3H3. The number of aliphatic hydroxyl groups excluding tert-OH is 3. The van der Waals surface area contributed by atoms with E-state index in [-0.39, 0.29) is 12.5 Å². The first kappa shape index (κ1) is 13.9. The molecule has 0 bridgehead atoms. The number of aliphatic hydroxyl groups is 3. The molecule has 5 heteroatoms. The Morgan fingerprint density at radius 1 is 1.25 bits per heavy atom. The molecule has 1 aliphatic rings. The van der Waals surface area contributed by atoms with Gasteiger partial charge in [-0.25, -0.2) is 0 Å². The molecule has 1 rings (SSSR count). The van der Waals surface area contributed by atoms with Gasteiger partial charge in [-0.05, 0) is 12.8 Å². The Hall–Kier alpha value is -0.200. The van der Waals surface area contributed by atoms with Gasteiger partial charge in [-0.1, -0.05) is 13.8 Å². The SMILES string of the molecule is CCOC1C(CO)OC(C(C)C)C(O)C1O. The average molecular weight is 234 g/mol. The Morgan fingerprint density at radius 2 is 1.88 bits per heavy atom. The first-order chi connectivity index (χ1) is 7.52. The van der Waals surface area contributed by atoms with Gasteiger partial charge in [0.05, 0.1) is 12.7 Å². The quantitative estimate of drug-likeness (QED) is 0.613. The Balaban J connectivity index is 2.76. The lowest BCUT2D eigenvalue weighted by molar-refractivity contribution is -0.249. The molecular formula is C11H22O5. The van der Waals surface area contributed by atoms with Crippen LogP contribution >= 0.6 is 0 Å². The van der Waals surface area contributed by atoms with Gasteiger partial charge in [0.1, 0.15) is 24.4 Å². The molecule has 0 aliphatic carbocycles. The Bertz CT molecular complexity index is 207. The second-order valence-corrected chi connectivity index (χ2v) is 4.47. The molecule has 0 spiro atoms. The van der Waals surface area contributed by atoms with E-state index in [1.165, 1.54) is 0 Å². The number of hydrogen-bond donors (Lipinski definition) is 3. The number of ether oxygens (including phenoxy) is 2. The first-order valence-electron chi connectivity index (χ1n) is 5.77. The van der Waals surface area contributed by atoms with Crippen molar-refractivity contribution in [3.8, 4) is 0 Å². The van der Waals surface area contributed by atoms with E-state index in [4.69, 9.17) is 9.47 Å². The van der Waals surface area contributed by atoms with E-state index < -0.39 is 30.5 Å². The van der Waals surface area contributed by atoms with Crippen LogP contribution in [0.2, 0.25) is 0 Å². The van der Waals surface area contributed by atoms with E-state index in [0.717, 1.165) is 0 Å². The van der Waals surface area contributed by atoms with Crippen molar-refractivity contribution in [2.45, 2.75) is 51.3 Å². The Kier molecular flexibility index (Phi) is 5.14. The third-order valence-corrected chi connectivity index (χ3v) is 2.92. The van der Waals surface area contributed by atoms with Crippen LogP contribution in [0.25, 0.3) is 0 Å². The predicted molar refractivity (Wildman–Crippen MR) is 58.0 cm³/mol. The highest BCUT2D eigenvalue weighted by atomic mass is 16.6. The van der Waals surface area contributed by atoms with Gasteiger partial charge in [-0.3, -0.25) is 0 Å². The van der Waals surface area contributed by atoms with Crippen molar-refractivity contribution < 1.29 is 24.8 Å². The third-order valence-electron chi connectivity index (χ3n) is 2.92. The van der Waals surface area contributed by atoms with Crippen molar-refractivity contribution in [3.63, 3.8) is 0 Å². The summed E-state index contributed by atoms with van der Waals surface area (Å²) in [6.45, 7) is 5.77. The summed E-state index contributed by atoms with van der Waals surface area (Å²) in [6, 6.07) is 0. The molecule has 5 atom stereocenters. The van der Waals surface area contributed by atoms with Gasteiger partial charge >= 0.3 is 0 Å². The van der Waals surface area contributed by atoms with Crippen LogP contribution in [0, 0.1) is 5.92 Å². The van der Waals surface area contributed by atoms with Crippen LogP contribution in [0.15, 0.2) is 0 Å². The van der Waals surface area contributed by atoms with E-state index in [0.29, 0.717) is 6.61 Å². The van der Waals surface area contributed by atoms with Gasteiger partial charge in [0, 0.05) is 6.61 Å².